The van der Waals surface area contributed by atoms with Crippen molar-refractivity contribution in [3.8, 4) is 0 Å². The molecule has 0 amide bonds. The molecule has 0 saturated heterocycles. The Morgan fingerprint density at radius 1 is 1.15 bits per heavy atom. The normalized spacial score (nSPS) is 12.3. The van der Waals surface area contributed by atoms with Crippen LogP contribution >= 0.6 is 0 Å². The summed E-state index contributed by atoms with van der Waals surface area (Å²) >= 11 is 0. The molecule has 0 unspecified atom stereocenters. The average Bonchev–Trinajstić information content (AvgIpc) is 2.73. The molecule has 20 heavy (non-hydrogen) atoms. The van der Waals surface area contributed by atoms with Gasteiger partial charge in [-0.15, -0.1) is 3.89 Å². The molecule has 1 aromatic heterocycles. The number of nitrogens with zero attached hydrogens (tertiary/aromatic N) is 2. The third-order valence-electron chi connectivity index (χ3n) is 2.46. The van der Waals surface area contributed by atoms with Gasteiger partial charge >= 0.3 is 10.2 Å². The van der Waals surface area contributed by atoms with Crippen molar-refractivity contribution >= 4 is 26.1 Å². The van der Waals surface area contributed by atoms with Gasteiger partial charge in [-0.2, -0.15) is 13.5 Å². The van der Waals surface area contributed by atoms with E-state index in [9.17, 15) is 20.7 Å². The number of aromatic nitrogens is 2. The Morgan fingerprint density at radius 3 is 2.35 bits per heavy atom. The maximum absolute atomic E-state index is 12.9. The lowest BCUT2D eigenvalue weighted by atomic mass is 10.4. The molecule has 0 bridgehead atoms. The van der Waals surface area contributed by atoms with E-state index in [1.165, 1.54) is 24.0 Å². The highest BCUT2D eigenvalue weighted by Crippen LogP contribution is 2.19. The molecular weight excluding hydrogens is 309 g/mol. The maximum Gasteiger partial charge on any atom is 0.332 e. The van der Waals surface area contributed by atoms with Gasteiger partial charge in [-0.1, -0.05) is 6.07 Å². The fourth-order valence-electron chi connectivity index (χ4n) is 1.46. The molecule has 10 heteroatoms. The van der Waals surface area contributed by atoms with Crippen LogP contribution in [-0.4, -0.2) is 26.6 Å². The van der Waals surface area contributed by atoms with E-state index in [2.05, 4.69) is 9.82 Å². The van der Waals surface area contributed by atoms with Crippen LogP contribution in [0.1, 0.15) is 0 Å². The lowest BCUT2D eigenvalue weighted by molar-refractivity contribution is 0.552. The monoisotopic (exact) mass is 319 g/mol. The molecule has 108 valence electrons. The fraction of sp³-hybridized carbons (Fsp3) is 0.100. The summed E-state index contributed by atoms with van der Waals surface area (Å²) < 4.78 is 62.1. The van der Waals surface area contributed by atoms with Gasteiger partial charge in [-0.3, -0.25) is 9.40 Å². The number of nitrogens with one attached hydrogen (secondary N) is 1. The first-order valence-electron chi connectivity index (χ1n) is 5.26. The number of anilines is 1. The van der Waals surface area contributed by atoms with Crippen molar-refractivity contribution in [3.63, 3.8) is 0 Å². The minimum atomic E-state index is -4.97. The molecule has 1 heterocycles. The Balaban J connectivity index is 2.43. The number of sulfonamides is 1. The molecule has 0 saturated carbocycles. The van der Waals surface area contributed by atoms with E-state index >= 15 is 0 Å². The van der Waals surface area contributed by atoms with Crippen LogP contribution in [0.5, 0.6) is 0 Å². The van der Waals surface area contributed by atoms with E-state index in [0.717, 1.165) is 24.3 Å². The summed E-state index contributed by atoms with van der Waals surface area (Å²) in [5.74, 6) is 0.193. The zero-order valence-electron chi connectivity index (χ0n) is 10.2. The molecular formula is C10H10FN3O4S2. The maximum atomic E-state index is 12.9. The molecule has 0 spiro atoms. The SMILES string of the molecule is Cn1nccc1NS(=O)(=O)c1cccc(S(=O)(=O)F)c1. The van der Waals surface area contributed by atoms with Crippen LogP contribution in [0.3, 0.4) is 0 Å². The van der Waals surface area contributed by atoms with Crippen LogP contribution in [0, 0.1) is 0 Å². The van der Waals surface area contributed by atoms with Gasteiger partial charge in [0.2, 0.25) is 0 Å². The highest BCUT2D eigenvalue weighted by atomic mass is 32.3. The highest BCUT2D eigenvalue weighted by molar-refractivity contribution is 7.92. The van der Waals surface area contributed by atoms with Gasteiger partial charge in [0.25, 0.3) is 10.0 Å². The van der Waals surface area contributed by atoms with Gasteiger partial charge in [-0.05, 0) is 18.2 Å². The zero-order valence-corrected chi connectivity index (χ0v) is 11.8. The Hall–Kier alpha value is -1.94. The van der Waals surface area contributed by atoms with Crippen molar-refractivity contribution < 1.29 is 20.7 Å². The predicted molar refractivity (Wildman–Crippen MR) is 68.8 cm³/mol. The second-order valence-electron chi connectivity index (χ2n) is 3.86. The van der Waals surface area contributed by atoms with E-state index in [4.69, 9.17) is 0 Å². The van der Waals surface area contributed by atoms with Gasteiger partial charge in [0, 0.05) is 13.1 Å². The first-order chi connectivity index (χ1) is 9.20. The molecule has 0 aliphatic carbocycles. The summed E-state index contributed by atoms with van der Waals surface area (Å²) in [7, 11) is -7.47. The fourth-order valence-corrected chi connectivity index (χ4v) is 3.18. The number of rotatable bonds is 4. The second kappa shape index (κ2) is 4.87. The van der Waals surface area contributed by atoms with Gasteiger partial charge < -0.3 is 0 Å². The average molecular weight is 319 g/mol. The zero-order chi connectivity index (χ0) is 15.0. The number of hydrogen-bond donors (Lipinski definition) is 1. The molecule has 0 aliphatic heterocycles. The Bertz CT molecular complexity index is 843. The summed E-state index contributed by atoms with van der Waals surface area (Å²) in [6, 6.07) is 5.44. The summed E-state index contributed by atoms with van der Waals surface area (Å²) in [5.41, 5.74) is 0. The van der Waals surface area contributed by atoms with E-state index in [1.54, 1.807) is 0 Å². The predicted octanol–water partition coefficient (Wildman–Crippen LogP) is 0.879. The van der Waals surface area contributed by atoms with Crippen LogP contribution in [0.2, 0.25) is 0 Å². The van der Waals surface area contributed by atoms with Crippen LogP contribution in [0.4, 0.5) is 9.70 Å². The molecule has 0 aliphatic rings. The Labute approximate surface area is 115 Å². The van der Waals surface area contributed by atoms with E-state index in [1.807, 2.05) is 0 Å². The number of benzene rings is 1. The standard InChI is InChI=1S/C10H10FN3O4S2/c1-14-10(5-6-12-14)13-20(17,18)9-4-2-3-8(7-9)19(11,15)16/h2-7,13H,1H3. The first-order valence-corrected chi connectivity index (χ1v) is 8.12. The number of aryl methyl sites for hydroxylation is 1. The Morgan fingerprint density at radius 2 is 1.80 bits per heavy atom. The van der Waals surface area contributed by atoms with Crippen molar-refractivity contribution in [1.29, 1.82) is 0 Å². The van der Waals surface area contributed by atoms with Crippen LogP contribution in [0.25, 0.3) is 0 Å². The third-order valence-corrected chi connectivity index (χ3v) is 4.63. The molecule has 7 nitrogen and oxygen atoms in total. The van der Waals surface area contributed by atoms with Crippen LogP contribution in [0.15, 0.2) is 46.3 Å². The van der Waals surface area contributed by atoms with Crippen LogP contribution in [-0.2, 0) is 27.3 Å². The summed E-state index contributed by atoms with van der Waals surface area (Å²) in [4.78, 5) is -1.08. The minimum Gasteiger partial charge on any atom is -0.264 e. The Kier molecular flexibility index (Phi) is 3.52. The lowest BCUT2D eigenvalue weighted by Gasteiger charge is -2.08. The summed E-state index contributed by atoms with van der Waals surface area (Å²) in [6.45, 7) is 0. The van der Waals surface area contributed by atoms with Crippen molar-refractivity contribution in [2.24, 2.45) is 7.05 Å². The van der Waals surface area contributed by atoms with Crippen molar-refractivity contribution in [3.05, 3.63) is 36.5 Å². The molecule has 0 radical (unpaired) electrons. The van der Waals surface area contributed by atoms with E-state index in [-0.39, 0.29) is 10.7 Å². The molecule has 1 aromatic carbocycles. The van der Waals surface area contributed by atoms with Gasteiger partial charge in [0.1, 0.15) is 5.82 Å². The van der Waals surface area contributed by atoms with Crippen molar-refractivity contribution in [2.45, 2.75) is 9.79 Å². The van der Waals surface area contributed by atoms with Crippen molar-refractivity contribution in [1.82, 2.24) is 9.78 Å². The second-order valence-corrected chi connectivity index (χ2v) is 6.89. The number of halogens is 1. The minimum absolute atomic E-state index is 0.193. The van der Waals surface area contributed by atoms with E-state index < -0.39 is 25.1 Å². The van der Waals surface area contributed by atoms with E-state index in [0.29, 0.717) is 0 Å². The van der Waals surface area contributed by atoms with Gasteiger partial charge in [0.15, 0.2) is 0 Å². The number of hydrogen-bond acceptors (Lipinski definition) is 5. The molecule has 1 N–H and O–H groups in total. The van der Waals surface area contributed by atoms with Crippen LogP contribution < -0.4 is 4.72 Å². The smallest absolute Gasteiger partial charge is 0.264 e. The highest BCUT2D eigenvalue weighted by Gasteiger charge is 2.19. The molecule has 0 fully saturated rings. The van der Waals surface area contributed by atoms with Gasteiger partial charge in [0.05, 0.1) is 16.0 Å². The third kappa shape index (κ3) is 2.96. The lowest BCUT2D eigenvalue weighted by Crippen LogP contribution is -2.15. The molecule has 0 atom stereocenters. The largest absolute Gasteiger partial charge is 0.332 e. The molecule has 2 rings (SSSR count). The quantitative estimate of drug-likeness (QED) is 0.844. The molecule has 2 aromatic rings. The first kappa shape index (κ1) is 14.5. The van der Waals surface area contributed by atoms with Crippen molar-refractivity contribution in [2.75, 3.05) is 4.72 Å². The topological polar surface area (TPSA) is 98.1 Å². The van der Waals surface area contributed by atoms with Gasteiger partial charge in [-0.25, -0.2) is 8.42 Å². The summed E-state index contributed by atoms with van der Waals surface area (Å²) in [5, 5.41) is 3.79. The summed E-state index contributed by atoms with van der Waals surface area (Å²) in [6.07, 6.45) is 1.39.